The van der Waals surface area contributed by atoms with Gasteiger partial charge in [0.2, 0.25) is 0 Å². The Balaban J connectivity index is 1.50. The van der Waals surface area contributed by atoms with Crippen LogP contribution >= 0.6 is 0 Å². The highest BCUT2D eigenvalue weighted by molar-refractivity contribution is 5.78. The molecule has 0 unspecified atom stereocenters. The number of nitrogens with zero attached hydrogens (tertiary/aromatic N) is 2. The zero-order chi connectivity index (χ0) is 19.8. The van der Waals surface area contributed by atoms with Gasteiger partial charge in [0, 0.05) is 25.7 Å². The predicted molar refractivity (Wildman–Crippen MR) is 111 cm³/mol. The van der Waals surface area contributed by atoms with Crippen LogP contribution in [0.2, 0.25) is 0 Å². The molecule has 1 spiro atoms. The fourth-order valence-corrected chi connectivity index (χ4v) is 5.75. The Morgan fingerprint density at radius 1 is 1.07 bits per heavy atom. The molecule has 2 aliphatic carbocycles. The largest absolute Gasteiger partial charge is 0.378 e. The van der Waals surface area contributed by atoms with Crippen molar-refractivity contribution < 1.29 is 9.53 Å². The molecular weight excluding hydrogens is 350 g/mol. The summed E-state index contributed by atoms with van der Waals surface area (Å²) in [5, 5.41) is 3.15. The van der Waals surface area contributed by atoms with Crippen LogP contribution in [0.15, 0.2) is 30.3 Å². The topological polar surface area (TPSA) is 44.8 Å². The Labute approximate surface area is 169 Å². The van der Waals surface area contributed by atoms with E-state index in [1.54, 1.807) is 0 Å². The number of carbonyl (C=O) groups is 1. The first-order valence-electron chi connectivity index (χ1n) is 10.8. The molecule has 3 fully saturated rings. The number of methoxy groups -OCH3 is 1. The minimum Gasteiger partial charge on any atom is -0.378 e. The van der Waals surface area contributed by atoms with Crippen LogP contribution < -0.4 is 5.32 Å². The van der Waals surface area contributed by atoms with E-state index in [0.29, 0.717) is 0 Å². The number of ether oxygens (including phenoxy) is 1. The van der Waals surface area contributed by atoms with Crippen molar-refractivity contribution in [1.29, 1.82) is 0 Å². The van der Waals surface area contributed by atoms with Crippen molar-refractivity contribution in [3.8, 4) is 0 Å². The monoisotopic (exact) mass is 385 g/mol. The molecule has 1 saturated heterocycles. The van der Waals surface area contributed by atoms with Gasteiger partial charge in [-0.1, -0.05) is 30.3 Å². The molecule has 3 aliphatic rings. The zero-order valence-electron chi connectivity index (χ0n) is 17.7. The first kappa shape index (κ1) is 19.7. The molecule has 0 aromatic heterocycles. The van der Waals surface area contributed by atoms with E-state index in [0.717, 1.165) is 58.0 Å². The molecule has 5 nitrogen and oxygen atoms in total. The molecule has 0 atom stereocenters. The maximum absolute atomic E-state index is 12.7. The molecule has 5 heteroatoms. The lowest BCUT2D eigenvalue weighted by atomic mass is 9.68. The van der Waals surface area contributed by atoms with Crippen molar-refractivity contribution >= 4 is 6.03 Å². The molecular formula is C23H35N3O2. The van der Waals surface area contributed by atoms with Crippen molar-refractivity contribution in [1.82, 2.24) is 15.1 Å². The minimum atomic E-state index is -0.0376. The third-order valence-corrected chi connectivity index (χ3v) is 8.05. The smallest absolute Gasteiger partial charge is 0.318 e. The number of rotatable bonds is 6. The van der Waals surface area contributed by atoms with E-state index in [9.17, 15) is 4.79 Å². The minimum absolute atomic E-state index is 0.0101. The van der Waals surface area contributed by atoms with Crippen LogP contribution in [-0.2, 0) is 10.3 Å². The summed E-state index contributed by atoms with van der Waals surface area (Å²) < 4.78 is 5.80. The average molecular weight is 386 g/mol. The van der Waals surface area contributed by atoms with Crippen molar-refractivity contribution in [3.05, 3.63) is 35.9 Å². The van der Waals surface area contributed by atoms with E-state index in [4.69, 9.17) is 4.74 Å². The number of amides is 2. The second-order valence-corrected chi connectivity index (χ2v) is 9.32. The van der Waals surface area contributed by atoms with E-state index in [1.165, 1.54) is 12.0 Å². The summed E-state index contributed by atoms with van der Waals surface area (Å²) >= 11 is 0. The highest BCUT2D eigenvalue weighted by Crippen LogP contribution is 2.48. The Hall–Kier alpha value is -1.59. The van der Waals surface area contributed by atoms with Crippen molar-refractivity contribution in [2.24, 2.45) is 0 Å². The summed E-state index contributed by atoms with van der Waals surface area (Å²) in [6, 6.07) is 11.0. The van der Waals surface area contributed by atoms with Crippen molar-refractivity contribution in [3.63, 3.8) is 0 Å². The van der Waals surface area contributed by atoms with Gasteiger partial charge < -0.3 is 15.0 Å². The summed E-state index contributed by atoms with van der Waals surface area (Å²) in [6.07, 6.45) is 8.69. The third-order valence-electron chi connectivity index (χ3n) is 8.05. The van der Waals surface area contributed by atoms with Crippen LogP contribution in [0.1, 0.15) is 56.9 Å². The van der Waals surface area contributed by atoms with E-state index in [-0.39, 0.29) is 22.7 Å². The van der Waals surface area contributed by atoms with Crippen molar-refractivity contribution in [2.45, 2.75) is 68.0 Å². The van der Waals surface area contributed by atoms with E-state index < -0.39 is 0 Å². The van der Waals surface area contributed by atoms with Gasteiger partial charge in [-0.2, -0.15) is 0 Å². The average Bonchev–Trinajstić information content (AvgIpc) is 2.98. The zero-order valence-corrected chi connectivity index (χ0v) is 17.7. The molecule has 1 heterocycles. The van der Waals surface area contributed by atoms with Crippen molar-refractivity contribution in [2.75, 3.05) is 34.3 Å². The van der Waals surface area contributed by atoms with E-state index >= 15 is 0 Å². The molecule has 154 valence electrons. The number of carbonyl (C=O) groups excluding carboxylic acids is 1. The summed E-state index contributed by atoms with van der Waals surface area (Å²) in [7, 11) is 6.21. The van der Waals surface area contributed by atoms with Gasteiger partial charge in [0.1, 0.15) is 0 Å². The van der Waals surface area contributed by atoms with Crippen LogP contribution in [0.25, 0.3) is 0 Å². The predicted octanol–water partition coefficient (Wildman–Crippen LogP) is 3.74. The molecule has 0 radical (unpaired) electrons. The Bertz CT molecular complexity index is 686. The quantitative estimate of drug-likeness (QED) is 0.811. The SMILES string of the molecule is COC1(CCN2C(=O)NC[C@]23CC[C@](c2ccccc2)(N(C)C)CC3)CCC1. The van der Waals surface area contributed by atoms with E-state index in [2.05, 4.69) is 59.5 Å². The molecule has 1 aromatic carbocycles. The Morgan fingerprint density at radius 3 is 2.29 bits per heavy atom. The van der Waals surface area contributed by atoms with Crippen LogP contribution in [0.3, 0.4) is 0 Å². The lowest BCUT2D eigenvalue weighted by Crippen LogP contribution is -2.56. The van der Waals surface area contributed by atoms with Gasteiger partial charge in [0.05, 0.1) is 11.1 Å². The van der Waals surface area contributed by atoms with Gasteiger partial charge in [-0.15, -0.1) is 0 Å². The summed E-state index contributed by atoms with van der Waals surface area (Å²) in [6.45, 7) is 1.59. The highest BCUT2D eigenvalue weighted by Gasteiger charge is 2.52. The number of urea groups is 1. The van der Waals surface area contributed by atoms with Gasteiger partial charge >= 0.3 is 6.03 Å². The van der Waals surface area contributed by atoms with Gasteiger partial charge in [-0.25, -0.2) is 4.79 Å². The lowest BCUT2D eigenvalue weighted by molar-refractivity contribution is -0.0844. The highest BCUT2D eigenvalue weighted by atomic mass is 16.5. The third kappa shape index (κ3) is 3.13. The molecule has 2 saturated carbocycles. The summed E-state index contributed by atoms with van der Waals surface area (Å²) in [5.74, 6) is 0. The lowest BCUT2D eigenvalue weighted by Gasteiger charge is -2.51. The molecule has 4 rings (SSSR count). The Morgan fingerprint density at radius 2 is 1.75 bits per heavy atom. The van der Waals surface area contributed by atoms with Gasteiger partial charge in [-0.05, 0) is 71.0 Å². The number of benzene rings is 1. The molecule has 28 heavy (non-hydrogen) atoms. The standard InChI is InChI=1S/C23H35N3O2/c1-25(2)23(19-8-5-4-6-9-19)14-12-21(13-15-23)18-24-20(27)26(21)17-16-22(28-3)10-7-11-22/h4-6,8-9H,7,10-18H2,1-3H3,(H,24,27)/t21-,23+. The summed E-state index contributed by atoms with van der Waals surface area (Å²) in [5.41, 5.74) is 1.43. The van der Waals surface area contributed by atoms with Crippen LogP contribution in [0.5, 0.6) is 0 Å². The van der Waals surface area contributed by atoms with Gasteiger partial charge in [0.15, 0.2) is 0 Å². The maximum Gasteiger partial charge on any atom is 0.318 e. The number of hydrogen-bond donors (Lipinski definition) is 1. The van der Waals surface area contributed by atoms with Crippen LogP contribution in [-0.4, -0.2) is 61.3 Å². The normalized spacial score (nSPS) is 31.9. The molecule has 2 amide bonds. The first-order valence-corrected chi connectivity index (χ1v) is 10.8. The number of nitrogens with one attached hydrogen (secondary N) is 1. The number of hydrogen-bond acceptors (Lipinski definition) is 3. The van der Waals surface area contributed by atoms with Crippen LogP contribution in [0.4, 0.5) is 4.79 Å². The van der Waals surface area contributed by atoms with Gasteiger partial charge in [-0.3, -0.25) is 4.90 Å². The fraction of sp³-hybridized carbons (Fsp3) is 0.696. The Kier molecular flexibility index (Phi) is 5.17. The van der Waals surface area contributed by atoms with E-state index in [1.807, 2.05) is 7.11 Å². The second-order valence-electron chi connectivity index (χ2n) is 9.32. The molecule has 1 N–H and O–H groups in total. The molecule has 0 bridgehead atoms. The first-order chi connectivity index (χ1) is 13.5. The molecule has 1 aliphatic heterocycles. The summed E-state index contributed by atoms with van der Waals surface area (Å²) in [4.78, 5) is 17.2. The fourth-order valence-electron chi connectivity index (χ4n) is 5.75. The maximum atomic E-state index is 12.7. The second kappa shape index (κ2) is 7.34. The van der Waals surface area contributed by atoms with Gasteiger partial charge in [0.25, 0.3) is 0 Å². The molecule has 1 aromatic rings. The van der Waals surface area contributed by atoms with Crippen LogP contribution in [0, 0.1) is 0 Å².